The number of hydrogen-bond donors (Lipinski definition) is 3. The second-order valence-electron chi connectivity index (χ2n) is 7.36. The summed E-state index contributed by atoms with van der Waals surface area (Å²) in [5.41, 5.74) is 9.96. The Kier molecular flexibility index (Phi) is 10.8. The molecule has 3 aromatic carbocycles. The van der Waals surface area contributed by atoms with Crippen LogP contribution < -0.4 is 16.3 Å². The molecule has 5 heteroatoms. The fourth-order valence-electron chi connectivity index (χ4n) is 3.19. The molecule has 5 nitrogen and oxygen atoms in total. The number of hydrogen-bond acceptors (Lipinski definition) is 5. The molecule has 0 aliphatic rings. The summed E-state index contributed by atoms with van der Waals surface area (Å²) in [5, 5.41) is 3.42. The van der Waals surface area contributed by atoms with Crippen LogP contribution in [0.2, 0.25) is 0 Å². The van der Waals surface area contributed by atoms with Gasteiger partial charge in [0.2, 0.25) is 6.29 Å². The van der Waals surface area contributed by atoms with Crippen LogP contribution in [0.15, 0.2) is 91.0 Å². The fourth-order valence-corrected chi connectivity index (χ4v) is 3.19. The molecule has 0 atom stereocenters. The maximum Gasteiger partial charge on any atom is 0.208 e. The Bertz CT molecular complexity index is 703. The third-order valence-electron chi connectivity index (χ3n) is 4.89. The van der Waals surface area contributed by atoms with Crippen LogP contribution in [-0.4, -0.2) is 32.5 Å². The molecular formula is C26H33N3O2. The van der Waals surface area contributed by atoms with Crippen LogP contribution in [0.3, 0.4) is 0 Å². The Morgan fingerprint density at radius 2 is 0.903 bits per heavy atom. The van der Waals surface area contributed by atoms with E-state index in [1.54, 1.807) is 0 Å². The highest BCUT2D eigenvalue weighted by Gasteiger charge is 2.10. The van der Waals surface area contributed by atoms with Crippen LogP contribution >= 0.6 is 0 Å². The van der Waals surface area contributed by atoms with Gasteiger partial charge in [-0.1, -0.05) is 91.0 Å². The zero-order valence-electron chi connectivity index (χ0n) is 18.0. The van der Waals surface area contributed by atoms with Gasteiger partial charge in [0.05, 0.1) is 6.54 Å². The quantitative estimate of drug-likeness (QED) is 0.199. The molecule has 0 fully saturated rings. The van der Waals surface area contributed by atoms with E-state index in [0.29, 0.717) is 6.54 Å². The Labute approximate surface area is 185 Å². The van der Waals surface area contributed by atoms with Crippen molar-refractivity contribution < 1.29 is 9.68 Å². The summed E-state index contributed by atoms with van der Waals surface area (Å²) in [6.07, 6.45) is 2.34. The normalized spacial score (nSPS) is 11.1. The fraction of sp³-hybridized carbons (Fsp3) is 0.308. The van der Waals surface area contributed by atoms with Gasteiger partial charge in [0.1, 0.15) is 0 Å². The summed E-state index contributed by atoms with van der Waals surface area (Å²) in [6.45, 7) is 2.89. The second kappa shape index (κ2) is 14.5. The minimum absolute atomic E-state index is 0.428. The standard InChI is InChI=1S/C26H33N3O2/c1-4-10-23(11-5-1)16-19-27-22-26(30-28-20-17-24-12-6-2-7-13-24)31-29-21-18-25-14-8-3-9-15-25/h1-15,26-29H,16-22H2. The van der Waals surface area contributed by atoms with Crippen LogP contribution in [0.25, 0.3) is 0 Å². The van der Waals surface area contributed by atoms with Gasteiger partial charge in [-0.3, -0.25) is 9.68 Å². The van der Waals surface area contributed by atoms with E-state index in [-0.39, 0.29) is 0 Å². The smallest absolute Gasteiger partial charge is 0.208 e. The van der Waals surface area contributed by atoms with Crippen molar-refractivity contribution in [2.75, 3.05) is 26.2 Å². The zero-order chi connectivity index (χ0) is 21.4. The second-order valence-corrected chi connectivity index (χ2v) is 7.36. The summed E-state index contributed by atoms with van der Waals surface area (Å²) >= 11 is 0. The molecule has 0 bridgehead atoms. The average molecular weight is 420 g/mol. The highest BCUT2D eigenvalue weighted by molar-refractivity contribution is 5.16. The predicted molar refractivity (Wildman–Crippen MR) is 125 cm³/mol. The van der Waals surface area contributed by atoms with E-state index in [9.17, 15) is 0 Å². The highest BCUT2D eigenvalue weighted by Crippen LogP contribution is 2.01. The zero-order valence-corrected chi connectivity index (χ0v) is 18.0. The summed E-state index contributed by atoms with van der Waals surface area (Å²) in [7, 11) is 0. The van der Waals surface area contributed by atoms with Gasteiger partial charge >= 0.3 is 0 Å². The molecular weight excluding hydrogens is 386 g/mol. The summed E-state index contributed by atoms with van der Waals surface area (Å²) < 4.78 is 0. The van der Waals surface area contributed by atoms with Gasteiger partial charge in [0.15, 0.2) is 0 Å². The summed E-state index contributed by atoms with van der Waals surface area (Å²) in [5.74, 6) is 0. The number of rotatable bonds is 15. The molecule has 0 aliphatic carbocycles. The Balaban J connectivity index is 1.36. The minimum atomic E-state index is -0.428. The van der Waals surface area contributed by atoms with Crippen molar-refractivity contribution in [3.05, 3.63) is 108 Å². The first-order valence-corrected chi connectivity index (χ1v) is 11.0. The molecule has 0 unspecified atom stereocenters. The Morgan fingerprint density at radius 3 is 1.32 bits per heavy atom. The number of benzene rings is 3. The highest BCUT2D eigenvalue weighted by atomic mass is 16.8. The minimum Gasteiger partial charge on any atom is -0.311 e. The summed E-state index contributed by atoms with van der Waals surface area (Å²) in [6, 6.07) is 31.2. The lowest BCUT2D eigenvalue weighted by molar-refractivity contribution is -0.207. The lowest BCUT2D eigenvalue weighted by Crippen LogP contribution is -2.40. The van der Waals surface area contributed by atoms with Crippen molar-refractivity contribution in [3.8, 4) is 0 Å². The van der Waals surface area contributed by atoms with E-state index in [1.165, 1.54) is 16.7 Å². The molecule has 3 aromatic rings. The van der Waals surface area contributed by atoms with Gasteiger partial charge in [-0.25, -0.2) is 0 Å². The van der Waals surface area contributed by atoms with E-state index >= 15 is 0 Å². The SMILES string of the molecule is c1ccc(CCNCC(ONCCc2ccccc2)ONCCc2ccccc2)cc1. The molecule has 0 heterocycles. The van der Waals surface area contributed by atoms with Gasteiger partial charge in [-0.15, -0.1) is 0 Å². The molecule has 31 heavy (non-hydrogen) atoms. The van der Waals surface area contributed by atoms with Crippen molar-refractivity contribution in [3.63, 3.8) is 0 Å². The molecule has 0 radical (unpaired) electrons. The van der Waals surface area contributed by atoms with Gasteiger partial charge in [0, 0.05) is 13.1 Å². The largest absolute Gasteiger partial charge is 0.311 e. The van der Waals surface area contributed by atoms with Gasteiger partial charge in [-0.2, -0.15) is 11.0 Å². The van der Waals surface area contributed by atoms with E-state index in [2.05, 4.69) is 89.1 Å². The van der Waals surface area contributed by atoms with E-state index in [1.807, 2.05) is 18.2 Å². The predicted octanol–water partition coefficient (Wildman–Crippen LogP) is 3.67. The molecule has 164 valence electrons. The number of hydroxylamine groups is 2. The van der Waals surface area contributed by atoms with Crippen molar-refractivity contribution in [1.29, 1.82) is 0 Å². The third kappa shape index (κ3) is 9.87. The maximum absolute atomic E-state index is 5.77. The van der Waals surface area contributed by atoms with Crippen LogP contribution in [0.5, 0.6) is 0 Å². The molecule has 0 amide bonds. The lowest BCUT2D eigenvalue weighted by atomic mass is 10.1. The molecule has 0 saturated heterocycles. The lowest BCUT2D eigenvalue weighted by Gasteiger charge is -2.19. The van der Waals surface area contributed by atoms with Crippen LogP contribution in [-0.2, 0) is 28.9 Å². The molecule has 0 aromatic heterocycles. The van der Waals surface area contributed by atoms with E-state index in [4.69, 9.17) is 9.68 Å². The molecule has 3 N–H and O–H groups in total. The Hall–Kier alpha value is -2.54. The molecule has 0 spiro atoms. The first-order chi connectivity index (χ1) is 15.4. The monoisotopic (exact) mass is 419 g/mol. The summed E-state index contributed by atoms with van der Waals surface area (Å²) in [4.78, 5) is 11.5. The van der Waals surface area contributed by atoms with Crippen molar-refractivity contribution in [2.45, 2.75) is 25.6 Å². The average Bonchev–Trinajstić information content (AvgIpc) is 2.83. The Morgan fingerprint density at radius 1 is 0.516 bits per heavy atom. The third-order valence-corrected chi connectivity index (χ3v) is 4.89. The van der Waals surface area contributed by atoms with Crippen molar-refractivity contribution in [1.82, 2.24) is 16.3 Å². The first-order valence-electron chi connectivity index (χ1n) is 11.0. The molecule has 0 saturated carbocycles. The van der Waals surface area contributed by atoms with Crippen molar-refractivity contribution in [2.24, 2.45) is 0 Å². The molecule has 0 aliphatic heterocycles. The van der Waals surface area contributed by atoms with E-state index in [0.717, 1.165) is 38.9 Å². The van der Waals surface area contributed by atoms with Crippen LogP contribution in [0.1, 0.15) is 16.7 Å². The van der Waals surface area contributed by atoms with Gasteiger partial charge in [0.25, 0.3) is 0 Å². The number of nitrogens with one attached hydrogen (secondary N) is 3. The topological polar surface area (TPSA) is 54.5 Å². The first kappa shape index (κ1) is 23.1. The van der Waals surface area contributed by atoms with Gasteiger partial charge in [-0.05, 0) is 42.5 Å². The van der Waals surface area contributed by atoms with Crippen molar-refractivity contribution >= 4 is 0 Å². The van der Waals surface area contributed by atoms with Crippen LogP contribution in [0.4, 0.5) is 0 Å². The van der Waals surface area contributed by atoms with Crippen LogP contribution in [0, 0.1) is 0 Å². The molecule has 3 rings (SSSR count). The van der Waals surface area contributed by atoms with E-state index < -0.39 is 6.29 Å². The van der Waals surface area contributed by atoms with Gasteiger partial charge < -0.3 is 5.32 Å². The maximum atomic E-state index is 5.77.